The highest BCUT2D eigenvalue weighted by molar-refractivity contribution is 14.1. The van der Waals surface area contributed by atoms with E-state index in [0.29, 0.717) is 12.2 Å². The molecule has 1 N–H and O–H groups in total. The number of hydrogen-bond acceptors (Lipinski definition) is 4. The van der Waals surface area contributed by atoms with E-state index in [1.807, 2.05) is 31.2 Å². The molecule has 1 aliphatic rings. The molecule has 24 heavy (non-hydrogen) atoms. The molecule has 1 aromatic rings. The molecule has 1 aliphatic heterocycles. The van der Waals surface area contributed by atoms with Gasteiger partial charge in [0.25, 0.3) is 0 Å². The predicted molar refractivity (Wildman–Crippen MR) is 96.6 cm³/mol. The van der Waals surface area contributed by atoms with Crippen molar-refractivity contribution in [1.82, 2.24) is 4.90 Å². The van der Waals surface area contributed by atoms with E-state index >= 15 is 0 Å². The number of benzene rings is 1. The van der Waals surface area contributed by atoms with Crippen LogP contribution >= 0.6 is 22.6 Å². The average Bonchev–Trinajstić information content (AvgIpc) is 2.80. The van der Waals surface area contributed by atoms with Crippen LogP contribution in [0.3, 0.4) is 0 Å². The quantitative estimate of drug-likeness (QED) is 0.549. The summed E-state index contributed by atoms with van der Waals surface area (Å²) in [5, 5.41) is 9.54. The number of nitrogens with zero attached hydrogens (tertiary/aromatic N) is 1. The van der Waals surface area contributed by atoms with Crippen molar-refractivity contribution in [2.45, 2.75) is 51.5 Å². The molecule has 1 amide bonds. The van der Waals surface area contributed by atoms with Crippen LogP contribution in [0.2, 0.25) is 0 Å². The zero-order chi connectivity index (χ0) is 17.9. The van der Waals surface area contributed by atoms with Gasteiger partial charge in [0.05, 0.1) is 6.61 Å². The molecule has 132 valence electrons. The predicted octanol–water partition coefficient (Wildman–Crippen LogP) is 3.79. The molecule has 0 spiro atoms. The number of carboxylic acid groups (broad SMARTS) is 1. The van der Waals surface area contributed by atoms with Crippen LogP contribution in [0.5, 0.6) is 0 Å². The van der Waals surface area contributed by atoms with Crippen LogP contribution in [0.1, 0.15) is 45.2 Å². The number of ether oxygens (including phenoxy) is 2. The van der Waals surface area contributed by atoms with Gasteiger partial charge in [-0.25, -0.2) is 9.59 Å². The SMILES string of the molecule is CCCCOC(=O)N1C(c2ccc(I)cc2)C(C(=O)O)OC1(C)C. The first kappa shape index (κ1) is 19.0. The first-order valence-electron chi connectivity index (χ1n) is 7.90. The Kier molecular flexibility index (Phi) is 6.08. The van der Waals surface area contributed by atoms with Gasteiger partial charge in [0, 0.05) is 3.57 Å². The van der Waals surface area contributed by atoms with Crippen molar-refractivity contribution in [3.63, 3.8) is 0 Å². The largest absolute Gasteiger partial charge is 0.479 e. The van der Waals surface area contributed by atoms with Crippen LogP contribution in [-0.2, 0) is 14.3 Å². The maximum Gasteiger partial charge on any atom is 0.412 e. The van der Waals surface area contributed by atoms with Crippen LogP contribution < -0.4 is 0 Å². The van der Waals surface area contributed by atoms with E-state index in [9.17, 15) is 14.7 Å². The standard InChI is InChI=1S/C17H22INO5/c1-4-5-10-23-16(22)19-13(11-6-8-12(18)9-7-11)14(15(20)21)24-17(19,2)3/h6-9,13-14H,4-5,10H2,1-3H3,(H,20,21). The minimum Gasteiger partial charge on any atom is -0.479 e. The summed E-state index contributed by atoms with van der Waals surface area (Å²) in [4.78, 5) is 25.6. The van der Waals surface area contributed by atoms with Gasteiger partial charge in [0.15, 0.2) is 6.10 Å². The highest BCUT2D eigenvalue weighted by atomic mass is 127. The Bertz CT molecular complexity index is 602. The van der Waals surface area contributed by atoms with Gasteiger partial charge in [0.1, 0.15) is 11.8 Å². The molecule has 0 bridgehead atoms. The number of amides is 1. The van der Waals surface area contributed by atoms with E-state index in [2.05, 4.69) is 22.6 Å². The number of carbonyl (C=O) groups excluding carboxylic acids is 1. The number of aliphatic carboxylic acids is 1. The molecule has 0 saturated carbocycles. The third-order valence-electron chi connectivity index (χ3n) is 3.94. The van der Waals surface area contributed by atoms with Crippen LogP contribution in [0.4, 0.5) is 4.79 Å². The molecule has 0 aromatic heterocycles. The van der Waals surface area contributed by atoms with Gasteiger partial charge in [0.2, 0.25) is 0 Å². The molecule has 2 unspecified atom stereocenters. The Morgan fingerprint density at radius 2 is 1.96 bits per heavy atom. The summed E-state index contributed by atoms with van der Waals surface area (Å²) in [6.07, 6.45) is -0.0253. The summed E-state index contributed by atoms with van der Waals surface area (Å²) in [6.45, 7) is 5.66. The van der Waals surface area contributed by atoms with Gasteiger partial charge in [-0.1, -0.05) is 25.5 Å². The van der Waals surface area contributed by atoms with Crippen molar-refractivity contribution >= 4 is 34.7 Å². The number of halogens is 1. The fourth-order valence-electron chi connectivity index (χ4n) is 2.78. The summed E-state index contributed by atoms with van der Waals surface area (Å²) >= 11 is 2.17. The number of hydrogen-bond donors (Lipinski definition) is 1. The highest BCUT2D eigenvalue weighted by Gasteiger charge is 2.54. The Balaban J connectivity index is 2.36. The minimum absolute atomic E-state index is 0.305. The Morgan fingerprint density at radius 1 is 1.33 bits per heavy atom. The number of rotatable bonds is 5. The topological polar surface area (TPSA) is 76.1 Å². The summed E-state index contributed by atoms with van der Waals surface area (Å²) in [5.41, 5.74) is -0.360. The molecule has 1 aromatic carbocycles. The van der Waals surface area contributed by atoms with Crippen molar-refractivity contribution in [2.75, 3.05) is 6.61 Å². The van der Waals surface area contributed by atoms with Gasteiger partial charge < -0.3 is 14.6 Å². The molecular weight excluding hydrogens is 425 g/mol. The van der Waals surface area contributed by atoms with E-state index in [4.69, 9.17) is 9.47 Å². The summed E-state index contributed by atoms with van der Waals surface area (Å²) < 4.78 is 12.0. The Morgan fingerprint density at radius 3 is 2.50 bits per heavy atom. The van der Waals surface area contributed by atoms with E-state index in [1.165, 1.54) is 4.90 Å². The molecule has 7 heteroatoms. The molecule has 0 aliphatic carbocycles. The second-order valence-corrected chi connectivity index (χ2v) is 7.40. The average molecular weight is 447 g/mol. The van der Waals surface area contributed by atoms with Gasteiger partial charge in [-0.15, -0.1) is 0 Å². The molecule has 2 atom stereocenters. The van der Waals surface area contributed by atoms with Gasteiger partial charge in [-0.05, 0) is 60.6 Å². The lowest BCUT2D eigenvalue weighted by Gasteiger charge is -2.32. The first-order chi connectivity index (χ1) is 11.3. The van der Waals surface area contributed by atoms with Crippen LogP contribution in [0.25, 0.3) is 0 Å². The normalized spacial score (nSPS) is 22.4. The molecule has 1 heterocycles. The summed E-state index contributed by atoms with van der Waals surface area (Å²) in [7, 11) is 0. The maximum absolute atomic E-state index is 12.6. The van der Waals surface area contributed by atoms with Gasteiger partial charge in [-0.3, -0.25) is 4.90 Å². The lowest BCUT2D eigenvalue weighted by Crippen LogP contribution is -2.45. The molecule has 1 fully saturated rings. The van der Waals surface area contributed by atoms with Crippen molar-refractivity contribution in [3.8, 4) is 0 Å². The number of unbranched alkanes of at least 4 members (excludes halogenated alkanes) is 1. The van der Waals surface area contributed by atoms with E-state index in [0.717, 1.165) is 16.4 Å². The molecule has 6 nitrogen and oxygen atoms in total. The fraction of sp³-hybridized carbons (Fsp3) is 0.529. The second kappa shape index (κ2) is 7.69. The summed E-state index contributed by atoms with van der Waals surface area (Å²) in [6, 6.07) is 6.66. The zero-order valence-electron chi connectivity index (χ0n) is 14.0. The molecule has 1 saturated heterocycles. The van der Waals surface area contributed by atoms with Crippen LogP contribution in [0, 0.1) is 3.57 Å². The van der Waals surface area contributed by atoms with Crippen molar-refractivity contribution < 1.29 is 24.2 Å². The number of carboxylic acids is 1. The Labute approximate surface area is 155 Å². The number of carbonyl (C=O) groups is 2. The third-order valence-corrected chi connectivity index (χ3v) is 4.65. The van der Waals surface area contributed by atoms with E-state index in [1.54, 1.807) is 13.8 Å². The molecule has 0 radical (unpaired) electrons. The molecular formula is C17H22INO5. The lowest BCUT2D eigenvalue weighted by atomic mass is 10.0. The van der Waals surface area contributed by atoms with Gasteiger partial charge in [-0.2, -0.15) is 0 Å². The fourth-order valence-corrected chi connectivity index (χ4v) is 3.14. The molecule has 2 rings (SSSR count). The highest BCUT2D eigenvalue weighted by Crippen LogP contribution is 2.42. The smallest absolute Gasteiger partial charge is 0.412 e. The van der Waals surface area contributed by atoms with Crippen LogP contribution in [-0.4, -0.2) is 40.5 Å². The summed E-state index contributed by atoms with van der Waals surface area (Å²) in [5.74, 6) is -1.10. The van der Waals surface area contributed by atoms with Gasteiger partial charge >= 0.3 is 12.1 Å². The Hall–Kier alpha value is -1.35. The third kappa shape index (κ3) is 4.00. The minimum atomic E-state index is -1.14. The first-order valence-corrected chi connectivity index (χ1v) is 8.98. The zero-order valence-corrected chi connectivity index (χ0v) is 16.1. The van der Waals surface area contributed by atoms with Crippen LogP contribution in [0.15, 0.2) is 24.3 Å². The second-order valence-electron chi connectivity index (χ2n) is 6.16. The van der Waals surface area contributed by atoms with Crippen molar-refractivity contribution in [2.24, 2.45) is 0 Å². The van der Waals surface area contributed by atoms with Crippen molar-refractivity contribution in [1.29, 1.82) is 0 Å². The monoisotopic (exact) mass is 447 g/mol. The van der Waals surface area contributed by atoms with E-state index in [-0.39, 0.29) is 0 Å². The maximum atomic E-state index is 12.6. The van der Waals surface area contributed by atoms with Crippen molar-refractivity contribution in [3.05, 3.63) is 33.4 Å². The van der Waals surface area contributed by atoms with E-state index < -0.39 is 29.9 Å². The lowest BCUT2D eigenvalue weighted by molar-refractivity contribution is -0.155.